The monoisotopic (exact) mass is 301 g/mol. The number of nitrogens with one attached hydrogen (secondary N) is 1. The Morgan fingerprint density at radius 1 is 1.35 bits per heavy atom. The summed E-state index contributed by atoms with van der Waals surface area (Å²) in [4.78, 5) is 0. The Hall–Kier alpha value is 0.230. The minimum atomic E-state index is -0.0153. The molecule has 3 atom stereocenters. The van der Waals surface area contributed by atoms with E-state index in [0.717, 1.165) is 18.8 Å². The van der Waals surface area contributed by atoms with Gasteiger partial charge >= 0.3 is 0 Å². The maximum absolute atomic E-state index is 9.88. The zero-order chi connectivity index (χ0) is 14.4. The minimum Gasteiger partial charge on any atom is -0.394 e. The molecule has 3 unspecified atom stereocenters. The Labute approximate surface area is 128 Å². The van der Waals surface area contributed by atoms with Crippen LogP contribution in [0.2, 0.25) is 0 Å². The Kier molecular flexibility index (Phi) is 6.66. The molecule has 0 bridgehead atoms. The fourth-order valence-electron chi connectivity index (χ4n) is 3.80. The van der Waals surface area contributed by atoms with Crippen molar-refractivity contribution < 1.29 is 9.84 Å². The van der Waals surface area contributed by atoms with Crippen LogP contribution in [0.5, 0.6) is 0 Å². The zero-order valence-electron chi connectivity index (χ0n) is 13.1. The third-order valence-electron chi connectivity index (χ3n) is 4.75. The van der Waals surface area contributed by atoms with Crippen LogP contribution in [0.25, 0.3) is 0 Å². The van der Waals surface area contributed by atoms with E-state index in [4.69, 9.17) is 4.74 Å². The third kappa shape index (κ3) is 4.36. The highest BCUT2D eigenvalue weighted by molar-refractivity contribution is 7.99. The number of rotatable bonds is 8. The fraction of sp³-hybridized carbons (Fsp3) is 1.00. The molecular weight excluding hydrogens is 270 g/mol. The van der Waals surface area contributed by atoms with Crippen molar-refractivity contribution in [2.75, 3.05) is 24.7 Å². The Bertz CT molecular complexity index is 282. The molecule has 1 saturated carbocycles. The summed E-state index contributed by atoms with van der Waals surface area (Å²) in [6, 6.07) is 0.447. The molecule has 4 heteroatoms. The predicted octanol–water partition coefficient (Wildman–Crippen LogP) is 2.82. The summed E-state index contributed by atoms with van der Waals surface area (Å²) in [6.45, 7) is 5.60. The van der Waals surface area contributed by atoms with E-state index < -0.39 is 0 Å². The Balaban J connectivity index is 1.72. The zero-order valence-corrected chi connectivity index (χ0v) is 13.9. The number of thioether (sulfide) groups is 1. The van der Waals surface area contributed by atoms with Crippen LogP contribution in [0.1, 0.15) is 52.4 Å². The maximum atomic E-state index is 9.88. The summed E-state index contributed by atoms with van der Waals surface area (Å²) < 4.78 is 5.67. The summed E-state index contributed by atoms with van der Waals surface area (Å²) in [6.07, 6.45) is 7.84. The number of hydrogen-bond donors (Lipinski definition) is 2. The van der Waals surface area contributed by atoms with Crippen molar-refractivity contribution in [2.24, 2.45) is 5.92 Å². The topological polar surface area (TPSA) is 41.5 Å². The quantitative estimate of drug-likeness (QED) is 0.677. The molecule has 20 heavy (non-hydrogen) atoms. The first kappa shape index (κ1) is 16.6. The molecule has 0 aromatic carbocycles. The largest absolute Gasteiger partial charge is 0.394 e. The van der Waals surface area contributed by atoms with Gasteiger partial charge in [-0.05, 0) is 43.8 Å². The van der Waals surface area contributed by atoms with Gasteiger partial charge in [0.05, 0.1) is 12.7 Å². The first-order valence-electron chi connectivity index (χ1n) is 8.24. The second kappa shape index (κ2) is 8.02. The number of aliphatic hydroxyl groups is 1. The molecule has 1 aliphatic carbocycles. The lowest BCUT2D eigenvalue weighted by Crippen LogP contribution is -2.54. The molecule has 0 radical (unpaired) electrons. The van der Waals surface area contributed by atoms with Gasteiger partial charge in [-0.3, -0.25) is 0 Å². The standard InChI is InChI=1S/C16H31NO2S/c1-13(2)17-16(12-18)8-3-5-14(16)7-10-20-11-15-6-4-9-19-15/h13-15,17-18H,3-12H2,1-2H3. The molecule has 0 spiro atoms. The van der Waals surface area contributed by atoms with Crippen molar-refractivity contribution >= 4 is 11.8 Å². The molecule has 2 rings (SSSR count). The van der Waals surface area contributed by atoms with Gasteiger partial charge in [0.1, 0.15) is 0 Å². The lowest BCUT2D eigenvalue weighted by molar-refractivity contribution is 0.113. The SMILES string of the molecule is CC(C)NC1(CO)CCCC1CCSCC1CCCO1. The van der Waals surface area contributed by atoms with Crippen molar-refractivity contribution in [3.05, 3.63) is 0 Å². The van der Waals surface area contributed by atoms with Crippen LogP contribution >= 0.6 is 11.8 Å². The van der Waals surface area contributed by atoms with Gasteiger partial charge in [0.25, 0.3) is 0 Å². The number of hydrogen-bond acceptors (Lipinski definition) is 4. The van der Waals surface area contributed by atoms with Crippen LogP contribution in [-0.4, -0.2) is 47.5 Å². The molecule has 0 amide bonds. The second-order valence-electron chi connectivity index (χ2n) is 6.70. The van der Waals surface area contributed by atoms with Gasteiger partial charge in [-0.2, -0.15) is 11.8 Å². The Morgan fingerprint density at radius 3 is 2.85 bits per heavy atom. The van der Waals surface area contributed by atoms with E-state index in [1.165, 1.54) is 37.9 Å². The molecule has 118 valence electrons. The molecule has 1 saturated heterocycles. The summed E-state index contributed by atoms with van der Waals surface area (Å²) in [5, 5.41) is 13.5. The molecule has 3 nitrogen and oxygen atoms in total. The van der Waals surface area contributed by atoms with E-state index in [1.807, 2.05) is 11.8 Å². The fourth-order valence-corrected chi connectivity index (χ4v) is 4.94. The molecule has 0 aromatic heterocycles. The highest BCUT2D eigenvalue weighted by atomic mass is 32.2. The molecule has 1 heterocycles. The molecule has 2 N–H and O–H groups in total. The average molecular weight is 301 g/mol. The van der Waals surface area contributed by atoms with Crippen molar-refractivity contribution in [1.29, 1.82) is 0 Å². The van der Waals surface area contributed by atoms with Crippen LogP contribution in [0, 0.1) is 5.92 Å². The van der Waals surface area contributed by atoms with Crippen LogP contribution in [0.4, 0.5) is 0 Å². The summed E-state index contributed by atoms with van der Waals surface area (Å²) >= 11 is 2.03. The van der Waals surface area contributed by atoms with Gasteiger partial charge in [-0.1, -0.05) is 20.3 Å². The maximum Gasteiger partial charge on any atom is 0.0666 e. The second-order valence-corrected chi connectivity index (χ2v) is 7.85. The van der Waals surface area contributed by atoms with Crippen molar-refractivity contribution in [1.82, 2.24) is 5.32 Å². The number of ether oxygens (including phenoxy) is 1. The highest BCUT2D eigenvalue weighted by Crippen LogP contribution is 2.38. The first-order valence-corrected chi connectivity index (χ1v) is 9.39. The van der Waals surface area contributed by atoms with Gasteiger partial charge in [0, 0.05) is 23.9 Å². The van der Waals surface area contributed by atoms with E-state index in [2.05, 4.69) is 19.2 Å². The molecule has 2 aliphatic rings. The normalized spacial score (nSPS) is 34.2. The summed E-state index contributed by atoms with van der Waals surface area (Å²) in [5.74, 6) is 2.98. The third-order valence-corrected chi connectivity index (χ3v) is 5.89. The molecular formula is C16H31NO2S. The lowest BCUT2D eigenvalue weighted by Gasteiger charge is -2.37. The van der Waals surface area contributed by atoms with Gasteiger partial charge in [0.15, 0.2) is 0 Å². The smallest absolute Gasteiger partial charge is 0.0666 e. The van der Waals surface area contributed by atoms with Crippen LogP contribution in [0.15, 0.2) is 0 Å². The highest BCUT2D eigenvalue weighted by Gasteiger charge is 2.41. The molecule has 2 fully saturated rings. The van der Waals surface area contributed by atoms with Gasteiger partial charge in [0.2, 0.25) is 0 Å². The van der Waals surface area contributed by atoms with Crippen LogP contribution in [-0.2, 0) is 4.74 Å². The predicted molar refractivity (Wildman–Crippen MR) is 86.3 cm³/mol. The van der Waals surface area contributed by atoms with E-state index in [-0.39, 0.29) is 12.1 Å². The summed E-state index contributed by atoms with van der Waals surface area (Å²) in [5.41, 5.74) is -0.0153. The van der Waals surface area contributed by atoms with Crippen molar-refractivity contribution in [3.63, 3.8) is 0 Å². The van der Waals surface area contributed by atoms with Crippen LogP contribution in [0.3, 0.4) is 0 Å². The van der Waals surface area contributed by atoms with E-state index in [1.54, 1.807) is 0 Å². The first-order chi connectivity index (χ1) is 9.66. The van der Waals surface area contributed by atoms with Gasteiger partial charge in [-0.15, -0.1) is 0 Å². The van der Waals surface area contributed by atoms with Gasteiger partial charge in [-0.25, -0.2) is 0 Å². The van der Waals surface area contributed by atoms with Crippen molar-refractivity contribution in [3.8, 4) is 0 Å². The summed E-state index contributed by atoms with van der Waals surface area (Å²) in [7, 11) is 0. The van der Waals surface area contributed by atoms with E-state index in [0.29, 0.717) is 18.1 Å². The number of aliphatic hydroxyl groups excluding tert-OH is 1. The van der Waals surface area contributed by atoms with E-state index in [9.17, 15) is 5.11 Å². The van der Waals surface area contributed by atoms with Crippen LogP contribution < -0.4 is 5.32 Å². The van der Waals surface area contributed by atoms with Gasteiger partial charge < -0.3 is 15.2 Å². The van der Waals surface area contributed by atoms with E-state index >= 15 is 0 Å². The lowest BCUT2D eigenvalue weighted by atomic mass is 9.85. The average Bonchev–Trinajstić information content (AvgIpc) is 3.04. The van der Waals surface area contributed by atoms with Crippen molar-refractivity contribution in [2.45, 2.75) is 70.1 Å². The molecule has 1 aliphatic heterocycles. The molecule has 0 aromatic rings. The minimum absolute atomic E-state index is 0.0153. The Morgan fingerprint density at radius 2 is 2.20 bits per heavy atom.